The lowest BCUT2D eigenvalue weighted by molar-refractivity contribution is -0.142. The lowest BCUT2D eigenvalue weighted by Crippen LogP contribution is -2.57. The minimum absolute atomic E-state index is 0.0929. The number of amides is 3. The molecule has 7 N–H and O–H groups in total. The van der Waals surface area contributed by atoms with Gasteiger partial charge in [0.1, 0.15) is 18.1 Å². The quantitative estimate of drug-likeness (QED) is 0.174. The zero-order chi connectivity index (χ0) is 22.7. The third kappa shape index (κ3) is 8.63. The number of hydrogen-bond donors (Lipinski definition) is 7. The summed E-state index contributed by atoms with van der Waals surface area (Å²) in [6.45, 7) is 1.43. The standard InChI is InChI=1S/C17H28N6O5S2/c1-9(14(24)22-12(17(27)28)3-4-30-2)21-16(26)13(5-10-6-19-8-20-10)23-15(25)11(18)7-29/h6,8-9,11-13,29H,3-5,7,18H2,1-2H3,(H,19,20)(H,21,26)(H,22,24)(H,23,25)(H,27,28). The Hall–Kier alpha value is -2.25. The van der Waals surface area contributed by atoms with Crippen LogP contribution in [0.5, 0.6) is 0 Å². The smallest absolute Gasteiger partial charge is 0.326 e. The number of aromatic nitrogens is 2. The van der Waals surface area contributed by atoms with Gasteiger partial charge in [0.15, 0.2) is 0 Å². The molecule has 0 bridgehead atoms. The number of thiol groups is 1. The zero-order valence-corrected chi connectivity index (χ0v) is 18.5. The Balaban J connectivity index is 2.78. The topological polar surface area (TPSA) is 179 Å². The predicted octanol–water partition coefficient (Wildman–Crippen LogP) is -1.48. The van der Waals surface area contributed by atoms with Gasteiger partial charge in [0.2, 0.25) is 17.7 Å². The van der Waals surface area contributed by atoms with E-state index in [9.17, 15) is 24.3 Å². The fraction of sp³-hybridized carbons (Fsp3) is 0.588. The van der Waals surface area contributed by atoms with E-state index >= 15 is 0 Å². The number of nitrogens with one attached hydrogen (secondary N) is 4. The molecule has 4 unspecified atom stereocenters. The maximum atomic E-state index is 12.7. The van der Waals surface area contributed by atoms with Crippen LogP contribution < -0.4 is 21.7 Å². The molecule has 0 fully saturated rings. The van der Waals surface area contributed by atoms with Crippen LogP contribution in [0.3, 0.4) is 0 Å². The van der Waals surface area contributed by atoms with Crippen LogP contribution in [0.25, 0.3) is 0 Å². The van der Waals surface area contributed by atoms with Crippen LogP contribution in [-0.4, -0.2) is 80.7 Å². The number of H-pyrrole nitrogens is 1. The summed E-state index contributed by atoms with van der Waals surface area (Å²) in [6, 6.07) is -4.00. The van der Waals surface area contributed by atoms with Gasteiger partial charge in [-0.25, -0.2) is 9.78 Å². The van der Waals surface area contributed by atoms with E-state index in [1.54, 1.807) is 0 Å². The van der Waals surface area contributed by atoms with E-state index in [2.05, 4.69) is 38.5 Å². The Labute approximate surface area is 184 Å². The average Bonchev–Trinajstić information content (AvgIpc) is 3.22. The normalized spacial score (nSPS) is 14.8. The van der Waals surface area contributed by atoms with Gasteiger partial charge in [-0.3, -0.25) is 14.4 Å². The van der Waals surface area contributed by atoms with Crippen molar-refractivity contribution in [1.82, 2.24) is 25.9 Å². The van der Waals surface area contributed by atoms with Crippen molar-refractivity contribution in [2.75, 3.05) is 17.8 Å². The van der Waals surface area contributed by atoms with Gasteiger partial charge >= 0.3 is 5.97 Å². The summed E-state index contributed by atoms with van der Waals surface area (Å²) < 4.78 is 0. The Kier molecular flexibility index (Phi) is 11.3. The summed E-state index contributed by atoms with van der Waals surface area (Å²) in [5.74, 6) is -2.33. The molecule has 0 spiro atoms. The summed E-state index contributed by atoms with van der Waals surface area (Å²) >= 11 is 5.43. The number of thioether (sulfide) groups is 1. The molecule has 11 nitrogen and oxygen atoms in total. The molecule has 0 aliphatic carbocycles. The summed E-state index contributed by atoms with van der Waals surface area (Å²) in [5.41, 5.74) is 6.24. The maximum absolute atomic E-state index is 12.7. The second-order valence-corrected chi connectivity index (χ2v) is 7.89. The molecule has 3 amide bonds. The summed E-state index contributed by atoms with van der Waals surface area (Å²) in [6.07, 6.45) is 5.11. The van der Waals surface area contributed by atoms with Crippen molar-refractivity contribution in [3.63, 3.8) is 0 Å². The molecule has 1 aromatic heterocycles. The molecule has 0 aliphatic rings. The van der Waals surface area contributed by atoms with Crippen LogP contribution in [0.4, 0.5) is 0 Å². The van der Waals surface area contributed by atoms with Crippen LogP contribution in [0.15, 0.2) is 12.5 Å². The SMILES string of the molecule is CSCCC(NC(=O)C(C)NC(=O)C(Cc1cnc[nH]1)NC(=O)C(N)CS)C(=O)O. The van der Waals surface area contributed by atoms with Crippen LogP contribution in [0, 0.1) is 0 Å². The van der Waals surface area contributed by atoms with Gasteiger partial charge in [-0.1, -0.05) is 0 Å². The second kappa shape index (κ2) is 13.1. The maximum Gasteiger partial charge on any atom is 0.326 e. The molecule has 1 heterocycles. The molecule has 168 valence electrons. The number of carboxylic acids is 1. The Morgan fingerprint density at radius 1 is 1.20 bits per heavy atom. The molecule has 0 aromatic carbocycles. The van der Waals surface area contributed by atoms with Crippen LogP contribution in [-0.2, 0) is 25.6 Å². The van der Waals surface area contributed by atoms with E-state index in [1.165, 1.54) is 31.2 Å². The number of aliphatic carboxylic acids is 1. The fourth-order valence-electron chi connectivity index (χ4n) is 2.36. The Morgan fingerprint density at radius 3 is 2.40 bits per heavy atom. The van der Waals surface area contributed by atoms with E-state index < -0.39 is 47.9 Å². The number of rotatable bonds is 13. The molecule has 0 radical (unpaired) electrons. The first kappa shape index (κ1) is 25.8. The third-order valence-electron chi connectivity index (χ3n) is 4.12. The van der Waals surface area contributed by atoms with E-state index in [0.717, 1.165) is 0 Å². The van der Waals surface area contributed by atoms with Gasteiger partial charge in [0.05, 0.1) is 12.4 Å². The molecular weight excluding hydrogens is 432 g/mol. The number of nitrogens with two attached hydrogens (primary N) is 1. The highest BCUT2D eigenvalue weighted by atomic mass is 32.2. The minimum atomic E-state index is -1.15. The number of carboxylic acid groups (broad SMARTS) is 1. The molecule has 30 heavy (non-hydrogen) atoms. The van der Waals surface area contributed by atoms with Crippen molar-refractivity contribution in [3.05, 3.63) is 18.2 Å². The Morgan fingerprint density at radius 2 is 1.87 bits per heavy atom. The molecule has 1 rings (SSSR count). The number of imidazole rings is 1. The highest BCUT2D eigenvalue weighted by Gasteiger charge is 2.28. The molecule has 1 aromatic rings. The molecular formula is C17H28N6O5S2. The summed E-state index contributed by atoms with van der Waals surface area (Å²) in [4.78, 5) is 55.2. The van der Waals surface area contributed by atoms with Crippen molar-refractivity contribution in [2.24, 2.45) is 5.73 Å². The van der Waals surface area contributed by atoms with E-state index in [-0.39, 0.29) is 18.6 Å². The minimum Gasteiger partial charge on any atom is -0.480 e. The van der Waals surface area contributed by atoms with Gasteiger partial charge < -0.3 is 31.8 Å². The van der Waals surface area contributed by atoms with Crippen LogP contribution in [0.1, 0.15) is 19.0 Å². The first-order valence-corrected chi connectivity index (χ1v) is 11.2. The molecule has 4 atom stereocenters. The van der Waals surface area contributed by atoms with Gasteiger partial charge in [-0.15, -0.1) is 0 Å². The number of carbonyl (C=O) groups excluding carboxylic acids is 3. The van der Waals surface area contributed by atoms with Gasteiger partial charge in [0.25, 0.3) is 0 Å². The highest BCUT2D eigenvalue weighted by Crippen LogP contribution is 2.03. The number of hydrogen-bond acceptors (Lipinski definition) is 8. The van der Waals surface area contributed by atoms with E-state index in [4.69, 9.17) is 5.73 Å². The fourth-order valence-corrected chi connectivity index (χ4v) is 2.99. The summed E-state index contributed by atoms with van der Waals surface area (Å²) in [7, 11) is 0. The first-order chi connectivity index (χ1) is 14.2. The van der Waals surface area contributed by atoms with Crippen LogP contribution >= 0.6 is 24.4 Å². The molecule has 0 saturated carbocycles. The third-order valence-corrected chi connectivity index (χ3v) is 5.16. The molecule has 0 aliphatic heterocycles. The monoisotopic (exact) mass is 460 g/mol. The van der Waals surface area contributed by atoms with Crippen molar-refractivity contribution >= 4 is 48.1 Å². The molecule has 0 saturated heterocycles. The number of aromatic amines is 1. The van der Waals surface area contributed by atoms with E-state index in [1.807, 2.05) is 6.26 Å². The van der Waals surface area contributed by atoms with Crippen LogP contribution in [0.2, 0.25) is 0 Å². The Bertz CT molecular complexity index is 718. The predicted molar refractivity (Wildman–Crippen MR) is 116 cm³/mol. The lowest BCUT2D eigenvalue weighted by Gasteiger charge is -2.23. The van der Waals surface area contributed by atoms with Crippen molar-refractivity contribution in [1.29, 1.82) is 0 Å². The van der Waals surface area contributed by atoms with E-state index in [0.29, 0.717) is 11.4 Å². The van der Waals surface area contributed by atoms with Gasteiger partial charge in [-0.05, 0) is 25.4 Å². The number of carbonyl (C=O) groups is 4. The zero-order valence-electron chi connectivity index (χ0n) is 16.8. The second-order valence-electron chi connectivity index (χ2n) is 6.54. The number of nitrogens with zero attached hydrogens (tertiary/aromatic N) is 1. The van der Waals surface area contributed by atoms with Gasteiger partial charge in [-0.2, -0.15) is 24.4 Å². The average molecular weight is 461 g/mol. The van der Waals surface area contributed by atoms with Crippen molar-refractivity contribution in [3.8, 4) is 0 Å². The lowest BCUT2D eigenvalue weighted by atomic mass is 10.1. The van der Waals surface area contributed by atoms with Crippen molar-refractivity contribution in [2.45, 2.75) is 43.9 Å². The summed E-state index contributed by atoms with van der Waals surface area (Å²) in [5, 5.41) is 16.7. The highest BCUT2D eigenvalue weighted by molar-refractivity contribution is 7.98. The van der Waals surface area contributed by atoms with Crippen molar-refractivity contribution < 1.29 is 24.3 Å². The first-order valence-electron chi connectivity index (χ1n) is 9.16. The largest absolute Gasteiger partial charge is 0.480 e. The molecule has 13 heteroatoms. The van der Waals surface area contributed by atoms with Gasteiger partial charge in [0, 0.05) is 24.1 Å².